The number of hydrogen-bond donors (Lipinski definition) is 0. The Bertz CT molecular complexity index is 1280. The molecule has 0 heterocycles. The maximum absolute atomic E-state index is 15.2. The highest BCUT2D eigenvalue weighted by Gasteiger charge is 2.39. The number of rotatable bonds is 6. The summed E-state index contributed by atoms with van der Waals surface area (Å²) < 4.78 is 30.5. The van der Waals surface area contributed by atoms with E-state index in [1.807, 2.05) is 146 Å². The van der Waals surface area contributed by atoms with Gasteiger partial charge in [-0.2, -0.15) is 0 Å². The van der Waals surface area contributed by atoms with E-state index in [0.29, 0.717) is 10.6 Å². The fraction of sp³-hybridized carbons (Fsp3) is 0. The molecule has 34 heavy (non-hydrogen) atoms. The second-order valence-electron chi connectivity index (χ2n) is 8.05. The molecule has 0 saturated heterocycles. The van der Waals surface area contributed by atoms with Crippen LogP contribution in [0.3, 0.4) is 0 Å². The van der Waals surface area contributed by atoms with Crippen molar-refractivity contribution in [3.05, 3.63) is 146 Å². The van der Waals surface area contributed by atoms with Gasteiger partial charge < -0.3 is 9.13 Å². The summed E-state index contributed by atoms with van der Waals surface area (Å²) in [7, 11) is -6.65. The molecule has 0 aliphatic rings. The fourth-order valence-electron chi connectivity index (χ4n) is 4.40. The molecule has 0 saturated carbocycles. The predicted octanol–water partition coefficient (Wildman–Crippen LogP) is 4.97. The van der Waals surface area contributed by atoms with Gasteiger partial charge in [-0.05, 0) is 0 Å². The zero-order valence-corrected chi connectivity index (χ0v) is 20.4. The first-order valence-electron chi connectivity index (χ1n) is 11.2. The van der Waals surface area contributed by atoms with Crippen LogP contribution in [0.25, 0.3) is 0 Å². The lowest BCUT2D eigenvalue weighted by atomic mass is 10.3. The van der Waals surface area contributed by atoms with Gasteiger partial charge in [-0.25, -0.2) is 0 Å². The van der Waals surface area contributed by atoms with Gasteiger partial charge in [0.1, 0.15) is 0 Å². The minimum Gasteiger partial charge on any atom is -0.309 e. The molecule has 0 aromatic heterocycles. The lowest BCUT2D eigenvalue weighted by Gasteiger charge is -2.27. The zero-order valence-electron chi connectivity index (χ0n) is 18.6. The molecule has 0 aliphatic carbocycles. The van der Waals surface area contributed by atoms with Crippen LogP contribution >= 0.6 is 14.3 Å². The quantitative estimate of drug-likeness (QED) is 0.323. The zero-order chi connectivity index (χ0) is 23.4. The molecule has 5 aromatic carbocycles. The third-order valence-electron chi connectivity index (χ3n) is 6.04. The van der Waals surface area contributed by atoms with Gasteiger partial charge in [0.2, 0.25) is 0 Å². The normalized spacial score (nSPS) is 11.8. The molecule has 0 atom stereocenters. The summed E-state index contributed by atoms with van der Waals surface area (Å²) in [6, 6.07) is 45.7. The van der Waals surface area contributed by atoms with Crippen molar-refractivity contribution in [3.63, 3.8) is 0 Å². The van der Waals surface area contributed by atoms with E-state index >= 15 is 9.13 Å². The van der Waals surface area contributed by atoms with Gasteiger partial charge in [0, 0.05) is 31.8 Å². The van der Waals surface area contributed by atoms with Crippen molar-refractivity contribution in [3.8, 4) is 0 Å². The van der Waals surface area contributed by atoms with E-state index < -0.39 is 14.3 Å². The monoisotopic (exact) mass is 478 g/mol. The molecule has 0 radical (unpaired) electrons. The SMILES string of the molecule is O=P(c1ccccc1)(c1ccccc1)c1ccccc1P(=O)(c1ccccc1)c1ccccc1. The second-order valence-corrected chi connectivity index (χ2v) is 13.5. The Balaban J connectivity index is 1.87. The molecule has 0 amide bonds. The summed E-state index contributed by atoms with van der Waals surface area (Å²) in [6.07, 6.45) is 0. The van der Waals surface area contributed by atoms with Crippen LogP contribution in [0.1, 0.15) is 0 Å². The molecule has 0 fully saturated rings. The van der Waals surface area contributed by atoms with Crippen molar-refractivity contribution in [1.82, 2.24) is 0 Å². The lowest BCUT2D eigenvalue weighted by Crippen LogP contribution is -2.38. The maximum atomic E-state index is 15.2. The van der Waals surface area contributed by atoms with Gasteiger partial charge in [0.25, 0.3) is 0 Å². The third kappa shape index (κ3) is 3.80. The average Bonchev–Trinajstić information content (AvgIpc) is 2.94. The minimum atomic E-state index is -3.32. The van der Waals surface area contributed by atoms with Crippen molar-refractivity contribution in [2.45, 2.75) is 0 Å². The van der Waals surface area contributed by atoms with Crippen LogP contribution in [-0.2, 0) is 9.13 Å². The highest BCUT2D eigenvalue weighted by molar-refractivity contribution is 7.90. The molecule has 0 spiro atoms. The average molecular weight is 478 g/mol. The van der Waals surface area contributed by atoms with E-state index in [4.69, 9.17) is 0 Å². The van der Waals surface area contributed by atoms with Crippen molar-refractivity contribution in [2.24, 2.45) is 0 Å². The second kappa shape index (κ2) is 9.43. The van der Waals surface area contributed by atoms with E-state index in [1.54, 1.807) is 0 Å². The first-order valence-corrected chi connectivity index (χ1v) is 14.6. The highest BCUT2D eigenvalue weighted by atomic mass is 31.2. The molecular formula is C30H24O2P2. The molecule has 0 bridgehead atoms. The summed E-state index contributed by atoms with van der Waals surface area (Å²) in [6.45, 7) is 0. The van der Waals surface area contributed by atoms with Crippen molar-refractivity contribution < 1.29 is 9.13 Å². The summed E-state index contributed by atoms with van der Waals surface area (Å²) in [5.74, 6) is 0. The number of hydrogen-bond acceptors (Lipinski definition) is 2. The topological polar surface area (TPSA) is 34.1 Å². The van der Waals surface area contributed by atoms with Crippen LogP contribution in [0.15, 0.2) is 146 Å². The summed E-state index contributed by atoms with van der Waals surface area (Å²) in [5.41, 5.74) is 0. The van der Waals surface area contributed by atoms with Gasteiger partial charge in [-0.3, -0.25) is 0 Å². The van der Waals surface area contributed by atoms with E-state index in [1.165, 1.54) is 0 Å². The van der Waals surface area contributed by atoms with Crippen LogP contribution in [0.2, 0.25) is 0 Å². The molecule has 4 heteroatoms. The molecule has 5 aromatic rings. The van der Waals surface area contributed by atoms with Crippen LogP contribution in [0.5, 0.6) is 0 Å². The summed E-state index contributed by atoms with van der Waals surface area (Å²) in [5, 5.41) is 4.12. The third-order valence-corrected chi connectivity index (χ3v) is 12.5. The van der Waals surface area contributed by atoms with E-state index in [2.05, 4.69) is 0 Å². The standard InChI is InChI=1S/C30H24O2P2/c31-33(25-15-5-1-6-16-25,26-17-7-2-8-18-26)29-23-13-14-24-30(29)34(32,27-19-9-3-10-20-27)28-21-11-4-12-22-28/h1-24H. The van der Waals surface area contributed by atoms with Crippen LogP contribution in [0.4, 0.5) is 0 Å². The van der Waals surface area contributed by atoms with Gasteiger partial charge in [-0.1, -0.05) is 146 Å². The Morgan fingerprint density at radius 3 is 0.735 bits per heavy atom. The van der Waals surface area contributed by atoms with Gasteiger partial charge in [0.15, 0.2) is 14.3 Å². The smallest absolute Gasteiger partial charge is 0.171 e. The van der Waals surface area contributed by atoms with E-state index in [-0.39, 0.29) is 0 Å². The molecule has 2 nitrogen and oxygen atoms in total. The summed E-state index contributed by atoms with van der Waals surface area (Å²) in [4.78, 5) is 0. The lowest BCUT2D eigenvalue weighted by molar-refractivity contribution is 0.590. The number of benzene rings is 5. The molecular weight excluding hydrogens is 454 g/mol. The molecule has 0 aliphatic heterocycles. The Kier molecular flexibility index (Phi) is 6.20. The van der Waals surface area contributed by atoms with Crippen molar-refractivity contribution in [1.29, 1.82) is 0 Å². The van der Waals surface area contributed by atoms with E-state index in [0.717, 1.165) is 21.2 Å². The largest absolute Gasteiger partial charge is 0.309 e. The molecule has 166 valence electrons. The van der Waals surface area contributed by atoms with Gasteiger partial charge in [-0.15, -0.1) is 0 Å². The van der Waals surface area contributed by atoms with E-state index in [9.17, 15) is 0 Å². The van der Waals surface area contributed by atoms with Crippen LogP contribution < -0.4 is 31.8 Å². The Labute approximate surface area is 200 Å². The highest BCUT2D eigenvalue weighted by Crippen LogP contribution is 2.48. The Morgan fingerprint density at radius 1 is 0.294 bits per heavy atom. The predicted molar refractivity (Wildman–Crippen MR) is 145 cm³/mol. The first kappa shape index (κ1) is 22.4. The van der Waals surface area contributed by atoms with Gasteiger partial charge in [0.05, 0.1) is 0 Å². The first-order chi connectivity index (χ1) is 16.6. The molecule has 0 N–H and O–H groups in total. The van der Waals surface area contributed by atoms with Crippen LogP contribution in [-0.4, -0.2) is 0 Å². The minimum absolute atomic E-state index is 0.614. The van der Waals surface area contributed by atoms with Crippen molar-refractivity contribution in [2.75, 3.05) is 0 Å². The Morgan fingerprint density at radius 2 is 0.500 bits per heavy atom. The van der Waals surface area contributed by atoms with Crippen LogP contribution in [0, 0.1) is 0 Å². The van der Waals surface area contributed by atoms with Crippen molar-refractivity contribution >= 4 is 46.1 Å². The maximum Gasteiger partial charge on any atom is 0.171 e. The summed E-state index contributed by atoms with van der Waals surface area (Å²) >= 11 is 0. The fourth-order valence-corrected chi connectivity index (χ4v) is 10.7. The molecule has 0 unspecified atom stereocenters. The Hall–Kier alpha value is -3.44. The van der Waals surface area contributed by atoms with Gasteiger partial charge >= 0.3 is 0 Å². The molecule has 5 rings (SSSR count).